The lowest BCUT2D eigenvalue weighted by Gasteiger charge is -2.21. The topological polar surface area (TPSA) is 98.4 Å². The fraction of sp³-hybridized carbons (Fsp3) is 0.533. The number of ether oxygens (including phenoxy) is 1. The minimum absolute atomic E-state index is 0. The van der Waals surface area contributed by atoms with Crippen molar-refractivity contribution in [1.29, 1.82) is 0 Å². The molecule has 2 heterocycles. The molecule has 0 spiro atoms. The van der Waals surface area contributed by atoms with Gasteiger partial charge in [0.2, 0.25) is 0 Å². The number of hydrogen-bond acceptors (Lipinski definition) is 4. The van der Waals surface area contributed by atoms with Crippen molar-refractivity contribution >= 4 is 15.9 Å². The molecule has 1 saturated heterocycles. The van der Waals surface area contributed by atoms with E-state index in [4.69, 9.17) is 10.5 Å². The number of piperidine rings is 1. The average molecular weight is 360 g/mol. The molecule has 0 aliphatic carbocycles. The fourth-order valence-corrected chi connectivity index (χ4v) is 4.24. The van der Waals surface area contributed by atoms with Crippen LogP contribution in [0, 0.1) is 5.92 Å². The van der Waals surface area contributed by atoms with Gasteiger partial charge >= 0.3 is 0 Å². The number of quaternary nitrogens is 1. The van der Waals surface area contributed by atoms with Gasteiger partial charge in [-0.15, -0.1) is 4.40 Å². The lowest BCUT2D eigenvalue weighted by Crippen LogP contribution is -3.00. The highest BCUT2D eigenvalue weighted by molar-refractivity contribution is 7.89. The third-order valence-electron chi connectivity index (χ3n) is 4.29. The summed E-state index contributed by atoms with van der Waals surface area (Å²) >= 11 is 0. The van der Waals surface area contributed by atoms with Crippen LogP contribution in [-0.4, -0.2) is 33.9 Å². The van der Waals surface area contributed by atoms with Crippen molar-refractivity contribution in [3.63, 3.8) is 0 Å². The first-order valence-corrected chi connectivity index (χ1v) is 9.31. The van der Waals surface area contributed by atoms with Gasteiger partial charge in [0.25, 0.3) is 10.0 Å². The first-order valence-electron chi connectivity index (χ1n) is 7.70. The van der Waals surface area contributed by atoms with E-state index in [0.717, 1.165) is 12.3 Å². The molecule has 6 nitrogen and oxygen atoms in total. The second-order valence-electron chi connectivity index (χ2n) is 5.94. The first kappa shape index (κ1) is 18.0. The molecule has 0 bridgehead atoms. The molecule has 2 aliphatic heterocycles. The molecular formula is C15H22ClN3O3S. The molecule has 2 aliphatic rings. The molecule has 0 saturated carbocycles. The maximum absolute atomic E-state index is 11.6. The molecule has 1 fully saturated rings. The van der Waals surface area contributed by atoms with Gasteiger partial charge in [-0.3, -0.25) is 0 Å². The van der Waals surface area contributed by atoms with Crippen LogP contribution in [0.2, 0.25) is 0 Å². The van der Waals surface area contributed by atoms with Gasteiger partial charge in [-0.1, -0.05) is 12.1 Å². The van der Waals surface area contributed by atoms with Gasteiger partial charge in [-0.2, -0.15) is 0 Å². The van der Waals surface area contributed by atoms with Crippen molar-refractivity contribution in [2.75, 3.05) is 19.7 Å². The number of rotatable bonds is 4. The molecule has 128 valence electrons. The van der Waals surface area contributed by atoms with Crippen LogP contribution in [0.15, 0.2) is 22.6 Å². The Morgan fingerprint density at radius 1 is 1.30 bits per heavy atom. The normalized spacial score (nSPS) is 20.1. The monoisotopic (exact) mass is 359 g/mol. The van der Waals surface area contributed by atoms with E-state index >= 15 is 0 Å². The summed E-state index contributed by atoms with van der Waals surface area (Å²) in [5.41, 5.74) is 7.12. The highest BCUT2D eigenvalue weighted by Gasteiger charge is 2.25. The number of amidine groups is 1. The Morgan fingerprint density at radius 3 is 2.78 bits per heavy atom. The number of nitrogens with zero attached hydrogens (tertiary/aromatic N) is 1. The number of benzene rings is 1. The van der Waals surface area contributed by atoms with Crippen LogP contribution >= 0.6 is 0 Å². The van der Waals surface area contributed by atoms with E-state index in [1.165, 1.54) is 25.9 Å². The van der Waals surface area contributed by atoms with Gasteiger partial charge in [0.05, 0.1) is 31.0 Å². The predicted molar refractivity (Wildman–Crippen MR) is 84.3 cm³/mol. The molecule has 0 aromatic heterocycles. The third kappa shape index (κ3) is 4.37. The van der Waals surface area contributed by atoms with Crippen molar-refractivity contribution in [2.24, 2.45) is 16.0 Å². The molecule has 8 heteroatoms. The standard InChI is InChI=1S/C15H21N3O3S.ClH/c16-15-14-12(10-22(19,20)18-15)2-1-3-13(14)21-9-6-11-4-7-17-8-5-11;/h1-3,11,17H,4-10H2,(H2,16,18);1H. The highest BCUT2D eigenvalue weighted by atomic mass is 35.5. The Morgan fingerprint density at radius 2 is 2.04 bits per heavy atom. The second-order valence-corrected chi connectivity index (χ2v) is 7.57. The van der Waals surface area contributed by atoms with E-state index in [-0.39, 0.29) is 24.0 Å². The van der Waals surface area contributed by atoms with Crippen molar-refractivity contribution in [3.05, 3.63) is 29.3 Å². The second kappa shape index (κ2) is 7.51. The molecule has 0 amide bonds. The zero-order chi connectivity index (χ0) is 15.6. The van der Waals surface area contributed by atoms with Crippen LogP contribution in [0.1, 0.15) is 30.4 Å². The zero-order valence-electron chi connectivity index (χ0n) is 12.9. The molecule has 3 rings (SSSR count). The molecule has 0 radical (unpaired) electrons. The molecule has 0 atom stereocenters. The maximum atomic E-state index is 11.6. The Balaban J connectivity index is 0.00000192. The zero-order valence-corrected chi connectivity index (χ0v) is 14.4. The third-order valence-corrected chi connectivity index (χ3v) is 5.44. The molecule has 4 N–H and O–H groups in total. The van der Waals surface area contributed by atoms with Gasteiger partial charge in [-0.25, -0.2) is 8.42 Å². The van der Waals surface area contributed by atoms with E-state index in [1.54, 1.807) is 12.1 Å². The van der Waals surface area contributed by atoms with Gasteiger partial charge in [0, 0.05) is 0 Å². The summed E-state index contributed by atoms with van der Waals surface area (Å²) in [6, 6.07) is 5.39. The van der Waals surface area contributed by atoms with E-state index in [1.807, 2.05) is 6.07 Å². The van der Waals surface area contributed by atoms with Gasteiger partial charge in [0.1, 0.15) is 11.6 Å². The number of halogens is 1. The van der Waals surface area contributed by atoms with Crippen LogP contribution < -0.4 is 28.2 Å². The molecule has 23 heavy (non-hydrogen) atoms. The minimum Gasteiger partial charge on any atom is -1.00 e. The van der Waals surface area contributed by atoms with E-state index in [0.29, 0.717) is 23.5 Å². The Hall–Kier alpha value is -1.31. The van der Waals surface area contributed by atoms with Crippen LogP contribution in [0.25, 0.3) is 0 Å². The first-order chi connectivity index (χ1) is 10.6. The summed E-state index contributed by atoms with van der Waals surface area (Å²) < 4.78 is 32.8. The molecule has 0 unspecified atom stereocenters. The van der Waals surface area contributed by atoms with Crippen LogP contribution in [0.3, 0.4) is 0 Å². The van der Waals surface area contributed by atoms with Crippen molar-refractivity contribution in [3.8, 4) is 5.75 Å². The van der Waals surface area contributed by atoms with Crippen LogP contribution in [0.5, 0.6) is 5.75 Å². The highest BCUT2D eigenvalue weighted by Crippen LogP contribution is 2.28. The van der Waals surface area contributed by atoms with Crippen molar-refractivity contribution in [2.45, 2.75) is 25.0 Å². The lowest BCUT2D eigenvalue weighted by molar-refractivity contribution is -0.664. The molecule has 1 aromatic rings. The Labute approximate surface area is 143 Å². The summed E-state index contributed by atoms with van der Waals surface area (Å²) in [6.45, 7) is 3.02. The largest absolute Gasteiger partial charge is 1.00 e. The number of hydrogen-bond donors (Lipinski definition) is 2. The quantitative estimate of drug-likeness (QED) is 0.598. The maximum Gasteiger partial charge on any atom is 0.259 e. The lowest BCUT2D eigenvalue weighted by atomic mass is 9.95. The predicted octanol–water partition coefficient (Wildman–Crippen LogP) is -3.02. The Kier molecular flexibility index (Phi) is 5.89. The van der Waals surface area contributed by atoms with Crippen LogP contribution in [0.4, 0.5) is 0 Å². The summed E-state index contributed by atoms with van der Waals surface area (Å²) in [7, 11) is -3.50. The van der Waals surface area contributed by atoms with Crippen LogP contribution in [-0.2, 0) is 15.8 Å². The Bertz CT molecular complexity index is 685. The molecule has 1 aromatic carbocycles. The summed E-state index contributed by atoms with van der Waals surface area (Å²) in [5.74, 6) is 1.27. The number of nitrogens with two attached hydrogens (primary N) is 2. The van der Waals surface area contributed by atoms with Gasteiger partial charge in [-0.05, 0) is 36.8 Å². The summed E-state index contributed by atoms with van der Waals surface area (Å²) in [6.07, 6.45) is 3.49. The SMILES string of the molecule is NC1=NS(=O)(=O)Cc2cccc(OCCC3CC[NH2+]CC3)c21.[Cl-]. The average Bonchev–Trinajstić information content (AvgIpc) is 2.46. The van der Waals surface area contributed by atoms with Crippen molar-refractivity contribution in [1.82, 2.24) is 0 Å². The van der Waals surface area contributed by atoms with E-state index in [9.17, 15) is 8.42 Å². The molecular weight excluding hydrogens is 338 g/mol. The van der Waals surface area contributed by atoms with E-state index < -0.39 is 10.0 Å². The number of sulfonamides is 1. The summed E-state index contributed by atoms with van der Waals surface area (Å²) in [5, 5.41) is 2.35. The smallest absolute Gasteiger partial charge is 0.259 e. The van der Waals surface area contributed by atoms with Crippen molar-refractivity contribution < 1.29 is 30.9 Å². The van der Waals surface area contributed by atoms with E-state index in [2.05, 4.69) is 9.71 Å². The minimum atomic E-state index is -3.50. The number of fused-ring (bicyclic) bond motifs is 1. The summed E-state index contributed by atoms with van der Waals surface area (Å²) in [4.78, 5) is 0. The van der Waals surface area contributed by atoms with Gasteiger partial charge in [0.15, 0.2) is 0 Å². The fourth-order valence-electron chi connectivity index (χ4n) is 3.15. The van der Waals surface area contributed by atoms with Gasteiger partial charge < -0.3 is 28.2 Å².